The number of hydrogen-bond donors (Lipinski definition) is 3. The molecule has 0 spiro atoms. The van der Waals surface area contributed by atoms with Crippen LogP contribution in [0.4, 0.5) is 11.5 Å². The molecule has 0 fully saturated rings. The fourth-order valence-corrected chi connectivity index (χ4v) is 3.78. The number of primary amides is 1. The van der Waals surface area contributed by atoms with Crippen LogP contribution in [0.5, 0.6) is 11.5 Å². The lowest BCUT2D eigenvalue weighted by Crippen LogP contribution is -2.32. The molecule has 1 aliphatic rings. The van der Waals surface area contributed by atoms with Crippen molar-refractivity contribution in [2.24, 2.45) is 5.73 Å². The van der Waals surface area contributed by atoms with E-state index in [4.69, 9.17) is 15.2 Å². The van der Waals surface area contributed by atoms with Crippen LogP contribution in [0.15, 0.2) is 66.0 Å². The molecule has 0 bridgehead atoms. The van der Waals surface area contributed by atoms with Gasteiger partial charge in [0.2, 0.25) is 0 Å². The summed E-state index contributed by atoms with van der Waals surface area (Å²) < 4.78 is 12.4. The molecule has 1 aliphatic heterocycles. The molecule has 164 valence electrons. The van der Waals surface area contributed by atoms with Crippen molar-refractivity contribution in [1.29, 1.82) is 0 Å². The number of ether oxygens (including phenoxy) is 2. The predicted molar refractivity (Wildman–Crippen MR) is 120 cm³/mol. The van der Waals surface area contributed by atoms with E-state index in [1.165, 1.54) is 6.20 Å². The number of nitrogens with zero attached hydrogens (tertiary/aromatic N) is 2. The summed E-state index contributed by atoms with van der Waals surface area (Å²) in [6, 6.07) is 13.9. The van der Waals surface area contributed by atoms with Gasteiger partial charge in [-0.1, -0.05) is 24.3 Å². The molecule has 2 aromatic carbocycles. The number of anilines is 2. The molecular formula is C23H23N5O4. The smallest absolute Gasteiger partial charge is 0.255 e. The number of aromatic nitrogens is 2. The maximum absolute atomic E-state index is 13.4. The summed E-state index contributed by atoms with van der Waals surface area (Å²) in [5, 5.41) is 10.4. The second kappa shape index (κ2) is 8.46. The Kier molecular flexibility index (Phi) is 5.55. The first-order valence-electron chi connectivity index (χ1n) is 9.88. The van der Waals surface area contributed by atoms with Crippen LogP contribution in [0, 0.1) is 0 Å². The largest absolute Gasteiger partial charge is 0.493 e. The van der Waals surface area contributed by atoms with Crippen LogP contribution in [-0.2, 0) is 4.79 Å². The number of nitrogens with two attached hydrogens (primary N) is 1. The third-order valence-corrected chi connectivity index (χ3v) is 5.29. The van der Waals surface area contributed by atoms with Crippen LogP contribution < -0.4 is 25.8 Å². The van der Waals surface area contributed by atoms with Gasteiger partial charge in [0.15, 0.2) is 11.5 Å². The van der Waals surface area contributed by atoms with E-state index in [9.17, 15) is 9.59 Å². The van der Waals surface area contributed by atoms with Crippen LogP contribution in [0.3, 0.4) is 0 Å². The molecule has 4 rings (SSSR count). The van der Waals surface area contributed by atoms with E-state index in [0.717, 1.165) is 5.56 Å². The minimum atomic E-state index is -0.636. The van der Waals surface area contributed by atoms with Crippen LogP contribution in [0.1, 0.15) is 28.9 Å². The maximum Gasteiger partial charge on any atom is 0.255 e. The van der Waals surface area contributed by atoms with Crippen molar-refractivity contribution in [1.82, 2.24) is 9.78 Å². The number of hydrogen-bond acceptors (Lipinski definition) is 6. The number of allylic oxidation sites excluding steroid dienone is 1. The lowest BCUT2D eigenvalue weighted by molar-refractivity contribution is -0.113. The van der Waals surface area contributed by atoms with E-state index in [1.807, 2.05) is 24.3 Å². The van der Waals surface area contributed by atoms with Gasteiger partial charge in [-0.15, -0.1) is 0 Å². The molecule has 0 radical (unpaired) electrons. The SMILES string of the molecule is COc1ccc([C@@H]2C(C(=O)Nc3ccccc3)=C(C)Nc3c(C(N)=O)cnn32)cc1OC. The molecule has 0 unspecified atom stereocenters. The van der Waals surface area contributed by atoms with Gasteiger partial charge in [-0.25, -0.2) is 4.68 Å². The van der Waals surface area contributed by atoms with Gasteiger partial charge in [0.25, 0.3) is 11.8 Å². The van der Waals surface area contributed by atoms with E-state index in [2.05, 4.69) is 15.7 Å². The van der Waals surface area contributed by atoms with E-state index < -0.39 is 11.9 Å². The molecule has 32 heavy (non-hydrogen) atoms. The standard InChI is InChI=1S/C23H23N5O4/c1-13-19(23(30)27-15-7-5-4-6-8-15)20(14-9-10-17(31-2)18(11-14)32-3)28-22(26-13)16(12-25-28)21(24)29/h4-12,20,26H,1-3H3,(H2,24,29)(H,27,30)/t20-/m1/s1. The maximum atomic E-state index is 13.4. The first kappa shape index (κ1) is 21.0. The van der Waals surface area contributed by atoms with Gasteiger partial charge in [-0.3, -0.25) is 9.59 Å². The molecule has 1 aromatic heterocycles. The Morgan fingerprint density at radius 2 is 1.81 bits per heavy atom. The quantitative estimate of drug-likeness (QED) is 0.550. The molecule has 0 aliphatic carbocycles. The number of carbonyl (C=O) groups is 2. The van der Waals surface area contributed by atoms with Gasteiger partial charge in [-0.2, -0.15) is 5.10 Å². The zero-order valence-corrected chi connectivity index (χ0v) is 17.9. The number of para-hydroxylation sites is 1. The number of carbonyl (C=O) groups excluding carboxylic acids is 2. The highest BCUT2D eigenvalue weighted by atomic mass is 16.5. The molecule has 3 aromatic rings. The molecule has 2 amide bonds. The van der Waals surface area contributed by atoms with Gasteiger partial charge in [0.05, 0.1) is 26.0 Å². The molecule has 0 saturated heterocycles. The van der Waals surface area contributed by atoms with Crippen molar-refractivity contribution in [3.8, 4) is 11.5 Å². The molecule has 0 saturated carbocycles. The highest BCUT2D eigenvalue weighted by Crippen LogP contribution is 2.40. The zero-order chi connectivity index (χ0) is 22.8. The minimum absolute atomic E-state index is 0.234. The molecular weight excluding hydrogens is 410 g/mol. The number of nitrogens with one attached hydrogen (secondary N) is 2. The number of benzene rings is 2. The Labute approximate surface area is 184 Å². The lowest BCUT2D eigenvalue weighted by Gasteiger charge is -2.30. The number of fused-ring (bicyclic) bond motifs is 1. The fraction of sp³-hybridized carbons (Fsp3) is 0.174. The van der Waals surface area contributed by atoms with Crippen molar-refractivity contribution < 1.29 is 19.1 Å². The molecule has 9 heteroatoms. The summed E-state index contributed by atoms with van der Waals surface area (Å²) >= 11 is 0. The molecule has 9 nitrogen and oxygen atoms in total. The molecule has 4 N–H and O–H groups in total. The summed E-state index contributed by atoms with van der Waals surface area (Å²) in [7, 11) is 3.09. The van der Waals surface area contributed by atoms with E-state index in [1.54, 1.807) is 50.1 Å². The van der Waals surface area contributed by atoms with E-state index >= 15 is 0 Å². The van der Waals surface area contributed by atoms with Gasteiger partial charge >= 0.3 is 0 Å². The van der Waals surface area contributed by atoms with Crippen LogP contribution in [0.2, 0.25) is 0 Å². The van der Waals surface area contributed by atoms with E-state index in [-0.39, 0.29) is 11.5 Å². The van der Waals surface area contributed by atoms with Crippen molar-refractivity contribution >= 4 is 23.3 Å². The van der Waals surface area contributed by atoms with E-state index in [0.29, 0.717) is 34.3 Å². The minimum Gasteiger partial charge on any atom is -0.493 e. The van der Waals surface area contributed by atoms with Crippen molar-refractivity contribution in [2.45, 2.75) is 13.0 Å². The Hall–Kier alpha value is -4.27. The Morgan fingerprint density at radius 3 is 2.47 bits per heavy atom. The summed E-state index contributed by atoms with van der Waals surface area (Å²) in [6.07, 6.45) is 1.39. The van der Waals surface area contributed by atoms with Crippen LogP contribution in [-0.4, -0.2) is 35.8 Å². The Morgan fingerprint density at radius 1 is 1.09 bits per heavy atom. The van der Waals surface area contributed by atoms with Crippen LogP contribution >= 0.6 is 0 Å². The third kappa shape index (κ3) is 3.64. The number of rotatable bonds is 6. The summed E-state index contributed by atoms with van der Waals surface area (Å²) in [6.45, 7) is 1.77. The van der Waals surface area contributed by atoms with Crippen molar-refractivity contribution in [3.05, 3.63) is 77.1 Å². The van der Waals surface area contributed by atoms with Crippen molar-refractivity contribution in [2.75, 3.05) is 24.9 Å². The highest BCUT2D eigenvalue weighted by Gasteiger charge is 2.35. The monoisotopic (exact) mass is 433 g/mol. The summed E-state index contributed by atoms with van der Waals surface area (Å²) in [4.78, 5) is 25.3. The zero-order valence-electron chi connectivity index (χ0n) is 17.9. The topological polar surface area (TPSA) is 120 Å². The van der Waals surface area contributed by atoms with Crippen molar-refractivity contribution in [3.63, 3.8) is 0 Å². The second-order valence-corrected chi connectivity index (χ2v) is 7.22. The summed E-state index contributed by atoms with van der Waals surface area (Å²) in [5.74, 6) is 0.566. The van der Waals surface area contributed by atoms with Gasteiger partial charge in [-0.05, 0) is 36.8 Å². The highest BCUT2D eigenvalue weighted by molar-refractivity contribution is 6.06. The normalized spacial score (nSPS) is 14.9. The average Bonchev–Trinajstić information content (AvgIpc) is 3.22. The second-order valence-electron chi connectivity index (χ2n) is 7.22. The number of amides is 2. The van der Waals surface area contributed by atoms with Gasteiger partial charge in [0.1, 0.15) is 17.4 Å². The van der Waals surface area contributed by atoms with Gasteiger partial charge in [0, 0.05) is 11.4 Å². The average molecular weight is 433 g/mol. The molecule has 1 atom stereocenters. The fourth-order valence-electron chi connectivity index (χ4n) is 3.78. The van der Waals surface area contributed by atoms with Crippen LogP contribution in [0.25, 0.3) is 0 Å². The Bertz CT molecular complexity index is 1220. The third-order valence-electron chi connectivity index (χ3n) is 5.29. The number of methoxy groups -OCH3 is 2. The predicted octanol–water partition coefficient (Wildman–Crippen LogP) is 2.93. The first-order valence-corrected chi connectivity index (χ1v) is 9.88. The molecule has 2 heterocycles. The Balaban J connectivity index is 1.85. The summed E-state index contributed by atoms with van der Waals surface area (Å²) in [5.41, 5.74) is 8.16. The van der Waals surface area contributed by atoms with Gasteiger partial charge < -0.3 is 25.8 Å². The first-order chi connectivity index (χ1) is 15.4. The lowest BCUT2D eigenvalue weighted by atomic mass is 9.94.